The van der Waals surface area contributed by atoms with Crippen LogP contribution >= 0.6 is 0 Å². The molecule has 33 heavy (non-hydrogen) atoms. The van der Waals surface area contributed by atoms with Crippen molar-refractivity contribution in [3.8, 4) is 0 Å². The molecule has 0 aromatic carbocycles. The molecule has 1 aliphatic heterocycles. The number of nitrogens with zero attached hydrogens (tertiary/aromatic N) is 3. The van der Waals surface area contributed by atoms with Crippen molar-refractivity contribution < 1.29 is 29.5 Å². The molecule has 0 radical (unpaired) electrons. The standard InChI is InChI=1S/C24H45N3O6/c1-4-13-31-19-22(28)16-25-7-9-26(17-23(29)20-32-14-5-2)11-12-27(10-8-25)18-24(30)21-33-15-6-3/h4-6,22-24,28-30H,1-3,7-21H2. The Hall–Kier alpha value is -1.14. The lowest BCUT2D eigenvalue weighted by molar-refractivity contribution is 0.0170. The van der Waals surface area contributed by atoms with Crippen LogP contribution in [0.25, 0.3) is 0 Å². The highest BCUT2D eigenvalue weighted by Gasteiger charge is 2.21. The first-order valence-corrected chi connectivity index (χ1v) is 11.8. The normalized spacial score (nSPS) is 19.7. The Morgan fingerprint density at radius 2 is 0.788 bits per heavy atom. The molecule has 0 aromatic rings. The Bertz CT molecular complexity index is 441. The number of aliphatic hydroxyl groups is 3. The summed E-state index contributed by atoms with van der Waals surface area (Å²) in [6.07, 6.45) is 3.21. The average molecular weight is 472 g/mol. The van der Waals surface area contributed by atoms with E-state index in [1.807, 2.05) is 0 Å². The van der Waals surface area contributed by atoms with Gasteiger partial charge in [0.05, 0.1) is 58.0 Å². The topological polar surface area (TPSA) is 98.1 Å². The summed E-state index contributed by atoms with van der Waals surface area (Å²) in [7, 11) is 0. The molecule has 0 aromatic heterocycles. The van der Waals surface area contributed by atoms with Crippen LogP contribution in [0, 0.1) is 0 Å². The molecule has 192 valence electrons. The van der Waals surface area contributed by atoms with Crippen LogP contribution in [0.2, 0.25) is 0 Å². The van der Waals surface area contributed by atoms with E-state index >= 15 is 0 Å². The summed E-state index contributed by atoms with van der Waals surface area (Å²) < 4.78 is 16.2. The first-order valence-electron chi connectivity index (χ1n) is 11.8. The van der Waals surface area contributed by atoms with E-state index in [0.717, 1.165) is 39.3 Å². The fourth-order valence-corrected chi connectivity index (χ4v) is 3.65. The van der Waals surface area contributed by atoms with Crippen molar-refractivity contribution in [1.82, 2.24) is 14.7 Å². The lowest BCUT2D eigenvalue weighted by Crippen LogP contribution is -2.43. The predicted molar refractivity (Wildman–Crippen MR) is 130 cm³/mol. The smallest absolute Gasteiger partial charge is 0.0900 e. The fraction of sp³-hybridized carbons (Fsp3) is 0.750. The minimum absolute atomic E-state index is 0.259. The minimum atomic E-state index is -0.594. The molecule has 1 saturated heterocycles. The van der Waals surface area contributed by atoms with Gasteiger partial charge in [-0.1, -0.05) is 18.2 Å². The van der Waals surface area contributed by atoms with Gasteiger partial charge in [0.15, 0.2) is 0 Å². The molecule has 1 heterocycles. The highest BCUT2D eigenvalue weighted by molar-refractivity contribution is 4.77. The summed E-state index contributed by atoms with van der Waals surface area (Å²) in [6, 6.07) is 0. The number of aliphatic hydroxyl groups excluding tert-OH is 3. The Labute approximate surface area is 199 Å². The van der Waals surface area contributed by atoms with Gasteiger partial charge in [0.2, 0.25) is 0 Å². The fourth-order valence-electron chi connectivity index (χ4n) is 3.65. The molecule has 1 rings (SSSR count). The van der Waals surface area contributed by atoms with Gasteiger partial charge in [-0.3, -0.25) is 14.7 Å². The van der Waals surface area contributed by atoms with Crippen molar-refractivity contribution in [1.29, 1.82) is 0 Å². The molecule has 0 aliphatic carbocycles. The highest BCUT2D eigenvalue weighted by atomic mass is 16.5. The zero-order valence-electron chi connectivity index (χ0n) is 20.1. The van der Waals surface area contributed by atoms with Crippen molar-refractivity contribution in [2.75, 3.05) is 98.5 Å². The Balaban J connectivity index is 2.68. The number of hydrogen-bond acceptors (Lipinski definition) is 9. The third kappa shape index (κ3) is 15.4. The van der Waals surface area contributed by atoms with Crippen LogP contribution in [0.3, 0.4) is 0 Å². The maximum atomic E-state index is 10.4. The molecule has 9 nitrogen and oxygen atoms in total. The van der Waals surface area contributed by atoms with Crippen molar-refractivity contribution in [3.63, 3.8) is 0 Å². The second-order valence-corrected chi connectivity index (χ2v) is 8.34. The number of rotatable bonds is 18. The molecule has 0 spiro atoms. The second-order valence-electron chi connectivity index (χ2n) is 8.34. The number of hydrogen-bond donors (Lipinski definition) is 3. The molecule has 0 saturated carbocycles. The van der Waals surface area contributed by atoms with Gasteiger partial charge in [-0.05, 0) is 0 Å². The summed E-state index contributed by atoms with van der Waals surface area (Å²) in [6.45, 7) is 18.9. The summed E-state index contributed by atoms with van der Waals surface area (Å²) in [5.41, 5.74) is 0. The van der Waals surface area contributed by atoms with Crippen LogP contribution in [0.1, 0.15) is 0 Å². The molecule has 3 unspecified atom stereocenters. The van der Waals surface area contributed by atoms with E-state index in [2.05, 4.69) is 34.4 Å². The molecule has 3 N–H and O–H groups in total. The molecule has 9 heteroatoms. The molecule has 0 amide bonds. The lowest BCUT2D eigenvalue weighted by atomic mass is 10.3. The summed E-state index contributed by atoms with van der Waals surface area (Å²) in [5.74, 6) is 0. The van der Waals surface area contributed by atoms with Crippen molar-refractivity contribution >= 4 is 0 Å². The van der Waals surface area contributed by atoms with Gasteiger partial charge in [0.1, 0.15) is 0 Å². The third-order valence-electron chi connectivity index (χ3n) is 5.24. The lowest BCUT2D eigenvalue weighted by Gasteiger charge is -2.28. The Morgan fingerprint density at radius 3 is 1.00 bits per heavy atom. The van der Waals surface area contributed by atoms with Crippen LogP contribution in [-0.4, -0.2) is 147 Å². The first kappa shape index (κ1) is 29.9. The largest absolute Gasteiger partial charge is 0.389 e. The first-order chi connectivity index (χ1) is 16.0. The van der Waals surface area contributed by atoms with Gasteiger partial charge >= 0.3 is 0 Å². The quantitative estimate of drug-likeness (QED) is 0.182. The van der Waals surface area contributed by atoms with Crippen LogP contribution in [0.15, 0.2) is 38.0 Å². The maximum Gasteiger partial charge on any atom is 0.0900 e. The third-order valence-corrected chi connectivity index (χ3v) is 5.24. The van der Waals surface area contributed by atoms with Crippen molar-refractivity contribution in [3.05, 3.63) is 38.0 Å². The molecule has 0 bridgehead atoms. The summed E-state index contributed by atoms with van der Waals surface area (Å²) >= 11 is 0. The molecular weight excluding hydrogens is 426 g/mol. The second kappa shape index (κ2) is 19.2. The van der Waals surface area contributed by atoms with Crippen LogP contribution in [-0.2, 0) is 14.2 Å². The van der Waals surface area contributed by atoms with Crippen molar-refractivity contribution in [2.45, 2.75) is 18.3 Å². The van der Waals surface area contributed by atoms with E-state index in [-0.39, 0.29) is 19.8 Å². The zero-order chi connectivity index (χ0) is 24.3. The van der Waals surface area contributed by atoms with E-state index in [0.29, 0.717) is 39.5 Å². The minimum Gasteiger partial charge on any atom is -0.389 e. The van der Waals surface area contributed by atoms with E-state index in [9.17, 15) is 15.3 Å². The van der Waals surface area contributed by atoms with Gasteiger partial charge in [-0.15, -0.1) is 19.7 Å². The summed E-state index contributed by atoms with van der Waals surface area (Å²) in [5, 5.41) is 31.1. The summed E-state index contributed by atoms with van der Waals surface area (Å²) in [4.78, 5) is 6.61. The SMILES string of the molecule is C=CCOCC(O)CN1CCN(CC(O)COCC=C)CCN(CC(O)COCC=C)CC1. The van der Waals surface area contributed by atoms with Gasteiger partial charge in [0.25, 0.3) is 0 Å². The van der Waals surface area contributed by atoms with E-state index in [4.69, 9.17) is 14.2 Å². The predicted octanol–water partition coefficient (Wildman–Crippen LogP) is -0.403. The van der Waals surface area contributed by atoms with Crippen molar-refractivity contribution in [2.24, 2.45) is 0 Å². The van der Waals surface area contributed by atoms with Gasteiger partial charge in [0, 0.05) is 58.9 Å². The monoisotopic (exact) mass is 471 g/mol. The van der Waals surface area contributed by atoms with Gasteiger partial charge in [-0.25, -0.2) is 0 Å². The highest BCUT2D eigenvalue weighted by Crippen LogP contribution is 2.05. The van der Waals surface area contributed by atoms with Gasteiger partial charge in [-0.2, -0.15) is 0 Å². The van der Waals surface area contributed by atoms with E-state index in [1.54, 1.807) is 18.2 Å². The van der Waals surface area contributed by atoms with Gasteiger partial charge < -0.3 is 29.5 Å². The van der Waals surface area contributed by atoms with Crippen LogP contribution in [0.4, 0.5) is 0 Å². The average Bonchev–Trinajstić information content (AvgIpc) is 2.86. The number of β-amino-alcohol motifs (C(OH)–C–C–N with tert-alkyl or cyclic N) is 3. The van der Waals surface area contributed by atoms with E-state index < -0.39 is 18.3 Å². The van der Waals surface area contributed by atoms with Crippen LogP contribution < -0.4 is 0 Å². The Kier molecular flexibility index (Phi) is 17.4. The zero-order valence-corrected chi connectivity index (χ0v) is 20.1. The molecule has 1 aliphatic rings. The molecule has 1 fully saturated rings. The maximum absolute atomic E-state index is 10.4. The Morgan fingerprint density at radius 1 is 0.545 bits per heavy atom. The molecule has 3 atom stereocenters. The number of ether oxygens (including phenoxy) is 3. The molecular formula is C24H45N3O6. The van der Waals surface area contributed by atoms with E-state index in [1.165, 1.54) is 0 Å². The van der Waals surface area contributed by atoms with Crippen LogP contribution in [0.5, 0.6) is 0 Å².